The maximum Gasteiger partial charge on any atom is 0.161 e. The highest BCUT2D eigenvalue weighted by atomic mass is 79.9. The van der Waals surface area contributed by atoms with Crippen LogP contribution in [0.1, 0.15) is 19.4 Å². The van der Waals surface area contributed by atoms with E-state index in [0.717, 1.165) is 16.8 Å². The van der Waals surface area contributed by atoms with Gasteiger partial charge in [0.15, 0.2) is 11.5 Å². The van der Waals surface area contributed by atoms with Crippen LogP contribution in [0.4, 0.5) is 0 Å². The number of hydrogen-bond donors (Lipinski definition) is 0. The van der Waals surface area contributed by atoms with E-state index in [-0.39, 0.29) is 5.41 Å². The minimum absolute atomic E-state index is 0.121. The first-order valence-corrected chi connectivity index (χ1v) is 6.44. The van der Waals surface area contributed by atoms with Gasteiger partial charge in [0.05, 0.1) is 13.7 Å². The van der Waals surface area contributed by atoms with E-state index >= 15 is 0 Å². The maximum absolute atomic E-state index is 5.78. The van der Waals surface area contributed by atoms with E-state index in [1.165, 1.54) is 5.56 Å². The molecule has 0 amide bonds. The fourth-order valence-corrected chi connectivity index (χ4v) is 1.37. The molecule has 0 atom stereocenters. The van der Waals surface area contributed by atoms with Crippen LogP contribution in [0.25, 0.3) is 0 Å². The normalized spacial score (nSPS) is 11.3. The Kier molecular flexibility index (Phi) is 4.66. The van der Waals surface area contributed by atoms with Crippen molar-refractivity contribution in [3.8, 4) is 11.5 Å². The number of methoxy groups -OCH3 is 1. The van der Waals surface area contributed by atoms with E-state index in [2.05, 4.69) is 29.8 Å². The monoisotopic (exact) mass is 286 g/mol. The fraction of sp³-hybridized carbons (Fsp3) is 0.538. The first kappa shape index (κ1) is 13.4. The molecule has 2 nitrogen and oxygen atoms in total. The van der Waals surface area contributed by atoms with E-state index < -0.39 is 0 Å². The molecule has 0 heterocycles. The second-order valence-electron chi connectivity index (χ2n) is 4.74. The number of hydrogen-bond acceptors (Lipinski definition) is 2. The maximum atomic E-state index is 5.78. The Labute approximate surface area is 106 Å². The standard InChI is InChI=1S/C13H19BrO2/c1-10-5-6-11(12(7-10)15-4)16-9-13(2,3)8-14/h5-7H,8-9H2,1-4H3. The van der Waals surface area contributed by atoms with Crippen LogP contribution in [0, 0.1) is 12.3 Å². The van der Waals surface area contributed by atoms with E-state index in [1.807, 2.05) is 25.1 Å². The van der Waals surface area contributed by atoms with Gasteiger partial charge in [0, 0.05) is 10.7 Å². The van der Waals surface area contributed by atoms with Gasteiger partial charge >= 0.3 is 0 Å². The zero-order valence-corrected chi connectivity index (χ0v) is 11.9. The molecule has 0 aromatic heterocycles. The Balaban J connectivity index is 2.74. The van der Waals surface area contributed by atoms with Gasteiger partial charge in [-0.15, -0.1) is 0 Å². The highest BCUT2D eigenvalue weighted by Crippen LogP contribution is 2.29. The third-order valence-corrected chi connectivity index (χ3v) is 3.82. The van der Waals surface area contributed by atoms with Crippen LogP contribution in [0.2, 0.25) is 0 Å². The zero-order valence-electron chi connectivity index (χ0n) is 10.3. The Morgan fingerprint density at radius 2 is 1.94 bits per heavy atom. The van der Waals surface area contributed by atoms with Gasteiger partial charge in [0.2, 0.25) is 0 Å². The summed E-state index contributed by atoms with van der Waals surface area (Å²) in [6.07, 6.45) is 0. The first-order chi connectivity index (χ1) is 7.48. The molecule has 1 rings (SSSR count). The number of alkyl halides is 1. The summed E-state index contributed by atoms with van der Waals surface area (Å²) in [5, 5.41) is 0.911. The molecule has 0 aliphatic heterocycles. The smallest absolute Gasteiger partial charge is 0.161 e. The minimum Gasteiger partial charge on any atom is -0.493 e. The van der Waals surface area contributed by atoms with Crippen molar-refractivity contribution in [3.63, 3.8) is 0 Å². The molecule has 0 aliphatic carbocycles. The minimum atomic E-state index is 0.121. The SMILES string of the molecule is COc1cc(C)ccc1OCC(C)(C)CBr. The summed E-state index contributed by atoms with van der Waals surface area (Å²) in [4.78, 5) is 0. The Morgan fingerprint density at radius 3 is 2.50 bits per heavy atom. The molecule has 0 unspecified atom stereocenters. The number of ether oxygens (including phenoxy) is 2. The van der Waals surface area contributed by atoms with Crippen LogP contribution in [0.3, 0.4) is 0 Å². The van der Waals surface area contributed by atoms with Crippen LogP contribution < -0.4 is 9.47 Å². The molecule has 0 saturated carbocycles. The van der Waals surface area contributed by atoms with Crippen molar-refractivity contribution in [2.45, 2.75) is 20.8 Å². The molecule has 0 bridgehead atoms. The molecular weight excluding hydrogens is 268 g/mol. The van der Waals surface area contributed by atoms with Gasteiger partial charge in [-0.1, -0.05) is 35.8 Å². The summed E-state index contributed by atoms with van der Waals surface area (Å²) in [6, 6.07) is 5.97. The lowest BCUT2D eigenvalue weighted by molar-refractivity contribution is 0.196. The largest absolute Gasteiger partial charge is 0.493 e. The van der Waals surface area contributed by atoms with Crippen molar-refractivity contribution < 1.29 is 9.47 Å². The van der Waals surface area contributed by atoms with Crippen LogP contribution in [0.15, 0.2) is 18.2 Å². The predicted molar refractivity (Wildman–Crippen MR) is 70.8 cm³/mol. The van der Waals surface area contributed by atoms with Crippen LogP contribution >= 0.6 is 15.9 Å². The van der Waals surface area contributed by atoms with Gasteiger partial charge in [-0.05, 0) is 24.6 Å². The Morgan fingerprint density at radius 1 is 1.25 bits per heavy atom. The third-order valence-electron chi connectivity index (χ3n) is 2.30. The average molecular weight is 287 g/mol. The molecular formula is C13H19BrO2. The predicted octanol–water partition coefficient (Wildman–Crippen LogP) is 3.80. The van der Waals surface area contributed by atoms with Gasteiger partial charge in [0.1, 0.15) is 0 Å². The number of halogens is 1. The van der Waals surface area contributed by atoms with Crippen molar-refractivity contribution in [2.24, 2.45) is 5.41 Å². The molecule has 0 fully saturated rings. The Bertz CT molecular complexity index is 348. The van der Waals surface area contributed by atoms with E-state index in [0.29, 0.717) is 6.61 Å². The van der Waals surface area contributed by atoms with Gasteiger partial charge < -0.3 is 9.47 Å². The second-order valence-corrected chi connectivity index (χ2v) is 5.30. The zero-order chi connectivity index (χ0) is 12.2. The molecule has 1 aromatic rings. The lowest BCUT2D eigenvalue weighted by atomic mass is 9.98. The molecule has 3 heteroatoms. The summed E-state index contributed by atoms with van der Waals surface area (Å²) in [7, 11) is 1.66. The molecule has 0 aliphatic rings. The summed E-state index contributed by atoms with van der Waals surface area (Å²) in [6.45, 7) is 7.01. The third kappa shape index (κ3) is 3.71. The molecule has 0 spiro atoms. The fourth-order valence-electron chi connectivity index (χ4n) is 1.21. The van der Waals surface area contributed by atoms with Gasteiger partial charge in [-0.25, -0.2) is 0 Å². The van der Waals surface area contributed by atoms with Crippen LogP contribution in [0.5, 0.6) is 11.5 Å². The lowest BCUT2D eigenvalue weighted by Gasteiger charge is -2.22. The molecule has 16 heavy (non-hydrogen) atoms. The van der Waals surface area contributed by atoms with Gasteiger partial charge in [-0.3, -0.25) is 0 Å². The lowest BCUT2D eigenvalue weighted by Crippen LogP contribution is -2.22. The van der Waals surface area contributed by atoms with Crippen molar-refractivity contribution in [1.82, 2.24) is 0 Å². The summed E-state index contributed by atoms with van der Waals surface area (Å²) < 4.78 is 11.1. The highest BCUT2D eigenvalue weighted by molar-refractivity contribution is 9.09. The van der Waals surface area contributed by atoms with Gasteiger partial charge in [0.25, 0.3) is 0 Å². The molecule has 90 valence electrons. The van der Waals surface area contributed by atoms with Gasteiger partial charge in [-0.2, -0.15) is 0 Å². The van der Waals surface area contributed by atoms with E-state index in [9.17, 15) is 0 Å². The first-order valence-electron chi connectivity index (χ1n) is 5.32. The molecule has 1 aromatic carbocycles. The molecule has 0 radical (unpaired) electrons. The van der Waals surface area contributed by atoms with Crippen LogP contribution in [-0.4, -0.2) is 19.0 Å². The number of rotatable bonds is 5. The van der Waals surface area contributed by atoms with Crippen molar-refractivity contribution in [3.05, 3.63) is 23.8 Å². The highest BCUT2D eigenvalue weighted by Gasteiger charge is 2.18. The summed E-state index contributed by atoms with van der Waals surface area (Å²) in [5.74, 6) is 1.60. The second kappa shape index (κ2) is 5.58. The number of benzene rings is 1. The summed E-state index contributed by atoms with van der Waals surface area (Å²) >= 11 is 3.48. The average Bonchev–Trinajstić information content (AvgIpc) is 2.27. The summed E-state index contributed by atoms with van der Waals surface area (Å²) in [5.41, 5.74) is 1.29. The van der Waals surface area contributed by atoms with Crippen molar-refractivity contribution in [1.29, 1.82) is 0 Å². The van der Waals surface area contributed by atoms with E-state index in [1.54, 1.807) is 7.11 Å². The topological polar surface area (TPSA) is 18.5 Å². The van der Waals surface area contributed by atoms with E-state index in [4.69, 9.17) is 9.47 Å². The van der Waals surface area contributed by atoms with Crippen LogP contribution in [-0.2, 0) is 0 Å². The molecule has 0 N–H and O–H groups in total. The Hall–Kier alpha value is -0.700. The molecule has 0 saturated heterocycles. The van der Waals surface area contributed by atoms with Crippen molar-refractivity contribution >= 4 is 15.9 Å². The number of aryl methyl sites for hydroxylation is 1. The quantitative estimate of drug-likeness (QED) is 0.767. The van der Waals surface area contributed by atoms with Crippen molar-refractivity contribution in [2.75, 3.05) is 19.0 Å².